The van der Waals surface area contributed by atoms with Crippen LogP contribution in [0.25, 0.3) is 11.6 Å². The molecule has 0 amide bonds. The second-order valence-corrected chi connectivity index (χ2v) is 7.35. The molecule has 0 aliphatic heterocycles. The van der Waals surface area contributed by atoms with Crippen molar-refractivity contribution in [2.75, 3.05) is 7.11 Å². The monoisotopic (exact) mass is 453 g/mol. The molecule has 0 aliphatic carbocycles. The van der Waals surface area contributed by atoms with Crippen LogP contribution in [-0.4, -0.2) is 7.11 Å². The van der Waals surface area contributed by atoms with Crippen LogP contribution in [0.2, 0.25) is 5.02 Å². The molecule has 0 bridgehead atoms. The molecular formula is C23H17BrClNO2. The average molecular weight is 455 g/mol. The zero-order valence-electron chi connectivity index (χ0n) is 15.2. The van der Waals surface area contributed by atoms with Crippen LogP contribution in [0.5, 0.6) is 11.5 Å². The summed E-state index contributed by atoms with van der Waals surface area (Å²) >= 11 is 9.42. The van der Waals surface area contributed by atoms with Crippen molar-refractivity contribution in [1.82, 2.24) is 0 Å². The molecule has 28 heavy (non-hydrogen) atoms. The van der Waals surface area contributed by atoms with Crippen molar-refractivity contribution < 1.29 is 9.47 Å². The Morgan fingerprint density at radius 2 is 1.79 bits per heavy atom. The molecule has 3 rings (SSSR count). The number of allylic oxidation sites excluding steroid dienone is 1. The van der Waals surface area contributed by atoms with Crippen LogP contribution >= 0.6 is 27.5 Å². The summed E-state index contributed by atoms with van der Waals surface area (Å²) in [6.45, 7) is 0.407. The van der Waals surface area contributed by atoms with Crippen LogP contribution < -0.4 is 9.47 Å². The Balaban J connectivity index is 1.88. The van der Waals surface area contributed by atoms with Gasteiger partial charge >= 0.3 is 0 Å². The second kappa shape index (κ2) is 9.45. The Hall–Kier alpha value is -2.74. The molecule has 0 unspecified atom stereocenters. The fourth-order valence-corrected chi connectivity index (χ4v) is 3.12. The first-order valence-corrected chi connectivity index (χ1v) is 9.69. The Labute approximate surface area is 177 Å². The molecule has 140 valence electrons. The van der Waals surface area contributed by atoms with Crippen molar-refractivity contribution in [3.63, 3.8) is 0 Å². The number of nitriles is 1. The van der Waals surface area contributed by atoms with Gasteiger partial charge in [0.15, 0.2) is 0 Å². The third-order valence-electron chi connectivity index (χ3n) is 4.10. The van der Waals surface area contributed by atoms with Gasteiger partial charge in [-0.05, 0) is 71.8 Å². The molecule has 0 N–H and O–H groups in total. The van der Waals surface area contributed by atoms with Crippen molar-refractivity contribution >= 4 is 39.2 Å². The zero-order chi connectivity index (χ0) is 19.9. The van der Waals surface area contributed by atoms with Gasteiger partial charge < -0.3 is 9.47 Å². The van der Waals surface area contributed by atoms with Gasteiger partial charge in [0, 0.05) is 15.1 Å². The van der Waals surface area contributed by atoms with Gasteiger partial charge in [-0.2, -0.15) is 5.26 Å². The molecule has 0 spiro atoms. The Morgan fingerprint density at radius 3 is 2.43 bits per heavy atom. The summed E-state index contributed by atoms with van der Waals surface area (Å²) in [4.78, 5) is 0. The highest BCUT2D eigenvalue weighted by atomic mass is 79.9. The van der Waals surface area contributed by atoms with Gasteiger partial charge in [0.05, 0.1) is 18.8 Å². The van der Waals surface area contributed by atoms with E-state index in [1.165, 1.54) is 0 Å². The van der Waals surface area contributed by atoms with Gasteiger partial charge in [-0.1, -0.05) is 39.7 Å². The number of benzene rings is 3. The summed E-state index contributed by atoms with van der Waals surface area (Å²) in [5, 5.41) is 10.3. The largest absolute Gasteiger partial charge is 0.497 e. The van der Waals surface area contributed by atoms with E-state index in [-0.39, 0.29) is 0 Å². The van der Waals surface area contributed by atoms with Crippen molar-refractivity contribution in [1.29, 1.82) is 5.26 Å². The molecule has 3 aromatic carbocycles. The van der Waals surface area contributed by atoms with Crippen LogP contribution in [0, 0.1) is 11.3 Å². The molecule has 0 atom stereocenters. The van der Waals surface area contributed by atoms with Crippen molar-refractivity contribution in [3.8, 4) is 17.6 Å². The first-order valence-electron chi connectivity index (χ1n) is 8.52. The van der Waals surface area contributed by atoms with E-state index >= 15 is 0 Å². The van der Waals surface area contributed by atoms with E-state index in [1.807, 2.05) is 72.8 Å². The Morgan fingerprint density at radius 1 is 1.07 bits per heavy atom. The average Bonchev–Trinajstić information content (AvgIpc) is 2.72. The summed E-state index contributed by atoms with van der Waals surface area (Å²) in [5.74, 6) is 1.44. The summed E-state index contributed by atoms with van der Waals surface area (Å²) in [6.07, 6.45) is 1.82. The second-order valence-electron chi connectivity index (χ2n) is 6.00. The quantitative estimate of drug-likeness (QED) is 0.305. The van der Waals surface area contributed by atoms with Gasteiger partial charge in [-0.15, -0.1) is 0 Å². The Bertz CT molecular complexity index is 1020. The van der Waals surface area contributed by atoms with E-state index in [0.29, 0.717) is 23.0 Å². The van der Waals surface area contributed by atoms with Gasteiger partial charge in [0.25, 0.3) is 0 Å². The standard InChI is InChI=1S/C23H17BrClNO2/c1-27-22-9-4-17(5-10-22)19(14-26)12-18-13-20(24)6-11-23(18)28-15-16-2-7-21(25)8-3-16/h2-13H,15H2,1H3/b19-12+. The molecule has 0 radical (unpaired) electrons. The maximum absolute atomic E-state index is 9.65. The van der Waals surface area contributed by atoms with E-state index in [2.05, 4.69) is 22.0 Å². The third kappa shape index (κ3) is 5.16. The number of ether oxygens (including phenoxy) is 2. The molecule has 5 heteroatoms. The lowest BCUT2D eigenvalue weighted by atomic mass is 10.0. The number of halogens is 2. The van der Waals surface area contributed by atoms with E-state index in [9.17, 15) is 5.26 Å². The number of hydrogen-bond acceptors (Lipinski definition) is 3. The number of methoxy groups -OCH3 is 1. The smallest absolute Gasteiger partial charge is 0.127 e. The molecule has 0 heterocycles. The first-order chi connectivity index (χ1) is 13.6. The van der Waals surface area contributed by atoms with Gasteiger partial charge in [0.2, 0.25) is 0 Å². The lowest BCUT2D eigenvalue weighted by molar-refractivity contribution is 0.305. The summed E-state index contributed by atoms with van der Waals surface area (Å²) in [6, 6.07) is 22.9. The van der Waals surface area contributed by atoms with E-state index in [1.54, 1.807) is 7.11 Å². The van der Waals surface area contributed by atoms with Crippen LogP contribution in [0.3, 0.4) is 0 Å². The van der Waals surface area contributed by atoms with Crippen LogP contribution in [0.15, 0.2) is 71.2 Å². The van der Waals surface area contributed by atoms with Crippen LogP contribution in [0.4, 0.5) is 0 Å². The lowest BCUT2D eigenvalue weighted by Crippen LogP contribution is -1.97. The molecule has 0 fully saturated rings. The van der Waals surface area contributed by atoms with Crippen molar-refractivity contribution in [3.05, 3.63) is 92.9 Å². The van der Waals surface area contributed by atoms with Crippen molar-refractivity contribution in [2.45, 2.75) is 6.61 Å². The van der Waals surface area contributed by atoms with Crippen molar-refractivity contribution in [2.24, 2.45) is 0 Å². The fraction of sp³-hybridized carbons (Fsp3) is 0.0870. The normalized spacial score (nSPS) is 11.0. The highest BCUT2D eigenvalue weighted by molar-refractivity contribution is 9.10. The predicted molar refractivity (Wildman–Crippen MR) is 116 cm³/mol. The van der Waals surface area contributed by atoms with E-state index in [4.69, 9.17) is 21.1 Å². The van der Waals surface area contributed by atoms with E-state index < -0.39 is 0 Å². The Kier molecular flexibility index (Phi) is 6.76. The number of hydrogen-bond donors (Lipinski definition) is 0. The molecule has 0 saturated carbocycles. The van der Waals surface area contributed by atoms with Gasteiger partial charge in [-0.3, -0.25) is 0 Å². The minimum Gasteiger partial charge on any atom is -0.497 e. The molecule has 3 aromatic rings. The maximum atomic E-state index is 9.65. The number of nitrogens with zero attached hydrogens (tertiary/aromatic N) is 1. The van der Waals surface area contributed by atoms with Crippen LogP contribution in [0.1, 0.15) is 16.7 Å². The zero-order valence-corrected chi connectivity index (χ0v) is 17.5. The summed E-state index contributed by atoms with van der Waals surface area (Å²) in [5.41, 5.74) is 3.18. The fourth-order valence-electron chi connectivity index (χ4n) is 2.61. The third-order valence-corrected chi connectivity index (χ3v) is 4.85. The molecule has 0 aliphatic rings. The SMILES string of the molecule is COc1ccc(/C(C#N)=C/c2cc(Br)ccc2OCc2ccc(Cl)cc2)cc1. The molecule has 3 nitrogen and oxygen atoms in total. The van der Waals surface area contributed by atoms with E-state index in [0.717, 1.165) is 26.9 Å². The van der Waals surface area contributed by atoms with Crippen LogP contribution in [-0.2, 0) is 6.61 Å². The topological polar surface area (TPSA) is 42.2 Å². The van der Waals surface area contributed by atoms with Gasteiger partial charge in [0.1, 0.15) is 18.1 Å². The molecule has 0 saturated heterocycles. The minimum absolute atomic E-state index is 0.407. The van der Waals surface area contributed by atoms with Gasteiger partial charge in [-0.25, -0.2) is 0 Å². The molecular weight excluding hydrogens is 438 g/mol. The lowest BCUT2D eigenvalue weighted by Gasteiger charge is -2.11. The minimum atomic E-state index is 0.407. The predicted octanol–water partition coefficient (Wildman–Crippen LogP) is 6.75. The maximum Gasteiger partial charge on any atom is 0.127 e. The first kappa shape index (κ1) is 20.0. The molecule has 0 aromatic heterocycles. The summed E-state index contributed by atoms with van der Waals surface area (Å²) < 4.78 is 12.1. The highest BCUT2D eigenvalue weighted by Crippen LogP contribution is 2.29. The number of rotatable bonds is 6. The summed E-state index contributed by atoms with van der Waals surface area (Å²) in [7, 11) is 1.61. The highest BCUT2D eigenvalue weighted by Gasteiger charge is 2.08.